The largest absolute Gasteiger partial charge is 0.391 e. The van der Waals surface area contributed by atoms with Crippen molar-refractivity contribution in [3.05, 3.63) is 23.6 Å². The first-order valence-corrected chi connectivity index (χ1v) is 7.58. The van der Waals surface area contributed by atoms with E-state index in [9.17, 15) is 5.11 Å². The van der Waals surface area contributed by atoms with Crippen LogP contribution >= 0.6 is 11.6 Å². The summed E-state index contributed by atoms with van der Waals surface area (Å²) in [5.41, 5.74) is 0.853. The highest BCUT2D eigenvalue weighted by Gasteiger charge is 2.30. The van der Waals surface area contributed by atoms with E-state index >= 15 is 0 Å². The van der Waals surface area contributed by atoms with E-state index in [1.165, 1.54) is 0 Å². The summed E-state index contributed by atoms with van der Waals surface area (Å²) >= 11 is 5.98. The molecule has 0 amide bonds. The summed E-state index contributed by atoms with van der Waals surface area (Å²) in [7, 11) is 0. The van der Waals surface area contributed by atoms with Gasteiger partial charge in [0.2, 0.25) is 5.28 Å². The van der Waals surface area contributed by atoms with Crippen LogP contribution in [0.3, 0.4) is 0 Å². The van der Waals surface area contributed by atoms with Gasteiger partial charge >= 0.3 is 0 Å². The fraction of sp³-hybridized carbons (Fsp3) is 0.533. The maximum Gasteiger partial charge on any atom is 0.225 e. The summed E-state index contributed by atoms with van der Waals surface area (Å²) in [6, 6.07) is 3.65. The molecule has 0 saturated carbocycles. The summed E-state index contributed by atoms with van der Waals surface area (Å²) in [5.74, 6) is 0.560. The molecule has 0 aliphatic heterocycles. The average molecular weight is 309 g/mol. The number of unbranched alkanes of at least 4 members (excludes halogenated alkanes) is 1. The Kier molecular flexibility index (Phi) is 4.96. The van der Waals surface area contributed by atoms with Gasteiger partial charge in [-0.15, -0.1) is 0 Å². The number of pyridine rings is 1. The molecule has 0 fully saturated rings. The quantitative estimate of drug-likeness (QED) is 0.800. The predicted molar refractivity (Wildman–Crippen MR) is 85.6 cm³/mol. The van der Waals surface area contributed by atoms with Crippen molar-refractivity contribution in [3.63, 3.8) is 0 Å². The Morgan fingerprint density at radius 1 is 1.43 bits per heavy atom. The van der Waals surface area contributed by atoms with Gasteiger partial charge in [-0.25, -0.2) is 4.98 Å². The molecular formula is C15H21ClN4O. The number of aliphatic hydroxyl groups is 1. The zero-order valence-corrected chi connectivity index (χ0v) is 13.4. The van der Waals surface area contributed by atoms with Crippen molar-refractivity contribution in [1.29, 1.82) is 0 Å². The highest BCUT2D eigenvalue weighted by molar-refractivity contribution is 6.28. The van der Waals surface area contributed by atoms with Crippen LogP contribution in [0.25, 0.3) is 11.0 Å². The first-order chi connectivity index (χ1) is 9.96. The molecule has 2 aromatic heterocycles. The van der Waals surface area contributed by atoms with Gasteiger partial charge in [0.15, 0.2) is 5.82 Å². The highest BCUT2D eigenvalue weighted by atomic mass is 35.5. The summed E-state index contributed by atoms with van der Waals surface area (Å²) in [6.07, 6.45) is 4.07. The van der Waals surface area contributed by atoms with Crippen molar-refractivity contribution in [3.8, 4) is 0 Å². The van der Waals surface area contributed by atoms with Crippen LogP contribution in [0.15, 0.2) is 18.3 Å². The van der Waals surface area contributed by atoms with Crippen molar-refractivity contribution < 1.29 is 5.11 Å². The lowest BCUT2D eigenvalue weighted by atomic mass is 9.89. The molecule has 2 atom stereocenters. The molecule has 0 spiro atoms. The molecule has 2 N–H and O–H groups in total. The molecule has 0 aromatic carbocycles. The van der Waals surface area contributed by atoms with E-state index in [0.29, 0.717) is 16.9 Å². The third-order valence-electron chi connectivity index (χ3n) is 3.80. The molecule has 21 heavy (non-hydrogen) atoms. The van der Waals surface area contributed by atoms with Crippen LogP contribution in [0.1, 0.15) is 40.0 Å². The van der Waals surface area contributed by atoms with Gasteiger partial charge in [0.1, 0.15) is 5.52 Å². The van der Waals surface area contributed by atoms with E-state index in [-0.39, 0.29) is 5.28 Å². The summed E-state index contributed by atoms with van der Waals surface area (Å²) in [4.78, 5) is 12.7. The molecular weight excluding hydrogens is 288 g/mol. The Labute approximate surface area is 129 Å². The number of fused-ring (bicyclic) bond motifs is 1. The topological polar surface area (TPSA) is 70.9 Å². The molecule has 0 radical (unpaired) electrons. The Balaban J connectivity index is 2.41. The molecule has 2 heterocycles. The molecule has 114 valence electrons. The summed E-state index contributed by atoms with van der Waals surface area (Å²) < 4.78 is 0. The normalized spacial score (nSPS) is 15.7. The molecule has 0 aliphatic carbocycles. The number of nitrogens with zero attached hydrogens (tertiary/aromatic N) is 3. The smallest absolute Gasteiger partial charge is 0.225 e. The number of nitrogens with one attached hydrogen (secondary N) is 1. The van der Waals surface area contributed by atoms with Crippen molar-refractivity contribution in [2.75, 3.05) is 5.32 Å². The van der Waals surface area contributed by atoms with Gasteiger partial charge in [-0.1, -0.05) is 19.8 Å². The second kappa shape index (κ2) is 6.54. The SMILES string of the molecule is CCCC[C@](C)(Nc1nc(Cl)nc2cccnc12)[C@H](C)O. The van der Waals surface area contributed by atoms with Gasteiger partial charge in [0.05, 0.1) is 17.2 Å². The molecule has 0 bridgehead atoms. The van der Waals surface area contributed by atoms with Crippen molar-refractivity contribution in [2.45, 2.75) is 51.7 Å². The number of hydrogen-bond acceptors (Lipinski definition) is 5. The Hall–Kier alpha value is -1.46. The van der Waals surface area contributed by atoms with E-state index in [1.807, 2.05) is 13.0 Å². The van der Waals surface area contributed by atoms with Crippen LogP contribution in [0, 0.1) is 0 Å². The van der Waals surface area contributed by atoms with Crippen LogP contribution < -0.4 is 5.32 Å². The molecule has 0 aliphatic rings. The third-order valence-corrected chi connectivity index (χ3v) is 3.97. The van der Waals surface area contributed by atoms with Gasteiger partial charge in [-0.2, -0.15) is 4.98 Å². The molecule has 5 nitrogen and oxygen atoms in total. The number of aliphatic hydroxyl groups excluding tert-OH is 1. The van der Waals surface area contributed by atoms with Crippen molar-refractivity contribution in [1.82, 2.24) is 15.0 Å². The van der Waals surface area contributed by atoms with Crippen LogP contribution in [0.4, 0.5) is 5.82 Å². The minimum atomic E-state index is -0.531. The fourth-order valence-corrected chi connectivity index (χ4v) is 2.39. The lowest BCUT2D eigenvalue weighted by Gasteiger charge is -2.34. The number of rotatable bonds is 6. The van der Waals surface area contributed by atoms with Crippen molar-refractivity contribution >= 4 is 28.5 Å². The second-order valence-corrected chi connectivity index (χ2v) is 5.87. The van der Waals surface area contributed by atoms with E-state index in [2.05, 4.69) is 27.2 Å². The predicted octanol–water partition coefficient (Wildman–Crippen LogP) is 3.42. The average Bonchev–Trinajstić information content (AvgIpc) is 2.44. The van der Waals surface area contributed by atoms with Gasteiger partial charge < -0.3 is 10.4 Å². The number of anilines is 1. The summed E-state index contributed by atoms with van der Waals surface area (Å²) in [5, 5.41) is 13.6. The maximum atomic E-state index is 10.1. The summed E-state index contributed by atoms with van der Waals surface area (Å²) in [6.45, 7) is 5.89. The Morgan fingerprint density at radius 2 is 2.19 bits per heavy atom. The van der Waals surface area contributed by atoms with Gasteiger partial charge in [-0.3, -0.25) is 4.98 Å². The van der Waals surface area contributed by atoms with Crippen LogP contribution in [0.5, 0.6) is 0 Å². The highest BCUT2D eigenvalue weighted by Crippen LogP contribution is 2.27. The lowest BCUT2D eigenvalue weighted by Crippen LogP contribution is -2.45. The van der Waals surface area contributed by atoms with Crippen molar-refractivity contribution in [2.24, 2.45) is 0 Å². The first-order valence-electron chi connectivity index (χ1n) is 7.21. The molecule has 2 rings (SSSR count). The number of halogens is 1. The monoisotopic (exact) mass is 308 g/mol. The van der Waals surface area contributed by atoms with Crippen LogP contribution in [-0.2, 0) is 0 Å². The van der Waals surface area contributed by atoms with Gasteiger partial charge in [0, 0.05) is 6.20 Å². The van der Waals surface area contributed by atoms with E-state index < -0.39 is 11.6 Å². The van der Waals surface area contributed by atoms with Gasteiger partial charge in [-0.05, 0) is 44.0 Å². The first kappa shape index (κ1) is 15.9. The third kappa shape index (κ3) is 3.60. The lowest BCUT2D eigenvalue weighted by molar-refractivity contribution is 0.116. The standard InChI is InChI=1S/C15H21ClN4O/c1-4-5-8-15(3,10(2)21)20-13-12-11(7-6-9-17-12)18-14(16)19-13/h6-7,9-10,21H,4-5,8H2,1-3H3,(H,18,19,20)/t10-,15-/m0/s1. The molecule has 6 heteroatoms. The minimum Gasteiger partial charge on any atom is -0.391 e. The number of aromatic nitrogens is 3. The number of hydrogen-bond donors (Lipinski definition) is 2. The fourth-order valence-electron chi connectivity index (χ4n) is 2.22. The minimum absolute atomic E-state index is 0.168. The van der Waals surface area contributed by atoms with E-state index in [1.54, 1.807) is 19.2 Å². The Morgan fingerprint density at radius 3 is 2.86 bits per heavy atom. The molecule has 2 aromatic rings. The Bertz CT molecular complexity index is 620. The molecule has 0 unspecified atom stereocenters. The van der Waals surface area contributed by atoms with Gasteiger partial charge in [0.25, 0.3) is 0 Å². The van der Waals surface area contributed by atoms with E-state index in [4.69, 9.17) is 11.6 Å². The van der Waals surface area contributed by atoms with Crippen LogP contribution in [-0.4, -0.2) is 31.7 Å². The van der Waals surface area contributed by atoms with Crippen LogP contribution in [0.2, 0.25) is 5.28 Å². The second-order valence-electron chi connectivity index (χ2n) is 5.53. The molecule has 0 saturated heterocycles. The van der Waals surface area contributed by atoms with E-state index in [0.717, 1.165) is 19.3 Å². The maximum absolute atomic E-state index is 10.1. The zero-order valence-electron chi connectivity index (χ0n) is 12.6. The zero-order chi connectivity index (χ0) is 15.5.